The van der Waals surface area contributed by atoms with Crippen molar-refractivity contribution in [1.82, 2.24) is 5.32 Å². The van der Waals surface area contributed by atoms with Crippen molar-refractivity contribution in [2.45, 2.75) is 44.1 Å². The van der Waals surface area contributed by atoms with Gasteiger partial charge in [-0.3, -0.25) is 4.79 Å². The molecular formula is C17H27ClN2O3. The molecule has 0 saturated heterocycles. The molecule has 1 saturated carbocycles. The van der Waals surface area contributed by atoms with Gasteiger partial charge in [-0.25, -0.2) is 0 Å². The van der Waals surface area contributed by atoms with Crippen LogP contribution in [0.25, 0.3) is 0 Å². The van der Waals surface area contributed by atoms with E-state index >= 15 is 0 Å². The van der Waals surface area contributed by atoms with Gasteiger partial charge in [0, 0.05) is 13.0 Å². The maximum Gasteiger partial charge on any atom is 0.220 e. The fourth-order valence-electron chi connectivity index (χ4n) is 3.12. The van der Waals surface area contributed by atoms with Crippen molar-refractivity contribution in [1.29, 1.82) is 0 Å². The smallest absolute Gasteiger partial charge is 0.220 e. The number of hydrogen-bond donors (Lipinski definition) is 2. The maximum absolute atomic E-state index is 12.3. The molecular weight excluding hydrogens is 316 g/mol. The van der Waals surface area contributed by atoms with Crippen LogP contribution in [-0.4, -0.2) is 32.2 Å². The van der Waals surface area contributed by atoms with E-state index in [1.807, 2.05) is 18.2 Å². The first-order valence-corrected chi connectivity index (χ1v) is 7.84. The SMILES string of the molecule is COc1ccc(OC)c(CCC(=O)NC2(CN)CCCC2)c1.Cl. The zero-order valence-electron chi connectivity index (χ0n) is 13.9. The number of halogens is 1. The van der Waals surface area contributed by atoms with Crippen LogP contribution in [0, 0.1) is 0 Å². The van der Waals surface area contributed by atoms with Crippen LogP contribution < -0.4 is 20.5 Å². The Morgan fingerprint density at radius 1 is 1.26 bits per heavy atom. The standard InChI is InChI=1S/C17H26N2O3.ClH/c1-21-14-6-7-15(22-2)13(11-14)5-8-16(20)19-17(12-18)9-3-4-10-17;/h6-7,11H,3-5,8-10,12,18H2,1-2H3,(H,19,20);1H. The maximum atomic E-state index is 12.3. The molecule has 5 nitrogen and oxygen atoms in total. The van der Waals surface area contributed by atoms with Gasteiger partial charge in [0.25, 0.3) is 0 Å². The molecule has 0 aliphatic heterocycles. The minimum absolute atomic E-state index is 0. The van der Waals surface area contributed by atoms with Gasteiger partial charge < -0.3 is 20.5 Å². The number of rotatable bonds is 7. The number of methoxy groups -OCH3 is 2. The van der Waals surface area contributed by atoms with Crippen molar-refractivity contribution in [2.75, 3.05) is 20.8 Å². The van der Waals surface area contributed by atoms with Gasteiger partial charge in [-0.05, 0) is 43.0 Å². The second kappa shape index (κ2) is 8.99. The second-order valence-electron chi connectivity index (χ2n) is 5.92. The molecule has 1 aromatic carbocycles. The molecule has 23 heavy (non-hydrogen) atoms. The Labute approximate surface area is 144 Å². The van der Waals surface area contributed by atoms with Crippen molar-refractivity contribution in [3.63, 3.8) is 0 Å². The van der Waals surface area contributed by atoms with Gasteiger partial charge in [-0.1, -0.05) is 12.8 Å². The van der Waals surface area contributed by atoms with E-state index in [-0.39, 0.29) is 23.9 Å². The van der Waals surface area contributed by atoms with Crippen LogP contribution in [0.4, 0.5) is 0 Å². The second-order valence-corrected chi connectivity index (χ2v) is 5.92. The molecule has 1 fully saturated rings. The highest BCUT2D eigenvalue weighted by molar-refractivity contribution is 5.85. The summed E-state index contributed by atoms with van der Waals surface area (Å²) in [6, 6.07) is 5.63. The Balaban J connectivity index is 0.00000264. The highest BCUT2D eigenvalue weighted by Gasteiger charge is 2.33. The lowest BCUT2D eigenvalue weighted by Crippen LogP contribution is -2.51. The quantitative estimate of drug-likeness (QED) is 0.798. The number of amides is 1. The lowest BCUT2D eigenvalue weighted by Gasteiger charge is -2.28. The molecule has 2 rings (SSSR count). The summed E-state index contributed by atoms with van der Waals surface area (Å²) in [4.78, 5) is 12.3. The zero-order valence-corrected chi connectivity index (χ0v) is 14.7. The van der Waals surface area contributed by atoms with E-state index in [0.717, 1.165) is 42.7 Å². The third kappa shape index (κ3) is 5.01. The Kier molecular flexibility index (Phi) is 7.65. The molecule has 0 radical (unpaired) electrons. The van der Waals surface area contributed by atoms with Gasteiger partial charge in [-0.15, -0.1) is 12.4 Å². The minimum atomic E-state index is -0.185. The highest BCUT2D eigenvalue weighted by Crippen LogP contribution is 2.29. The molecule has 0 heterocycles. The first kappa shape index (κ1) is 19.6. The molecule has 0 atom stereocenters. The Hall–Kier alpha value is -1.46. The number of benzene rings is 1. The number of nitrogens with two attached hydrogens (primary N) is 1. The predicted molar refractivity (Wildman–Crippen MR) is 93.5 cm³/mol. The number of nitrogens with one attached hydrogen (secondary N) is 1. The normalized spacial score (nSPS) is 15.6. The summed E-state index contributed by atoms with van der Waals surface area (Å²) in [5, 5.41) is 3.14. The number of ether oxygens (including phenoxy) is 2. The Morgan fingerprint density at radius 2 is 1.96 bits per heavy atom. The summed E-state index contributed by atoms with van der Waals surface area (Å²) < 4.78 is 10.6. The summed E-state index contributed by atoms with van der Waals surface area (Å²) in [6.07, 6.45) is 5.29. The lowest BCUT2D eigenvalue weighted by atomic mass is 9.97. The third-order valence-electron chi connectivity index (χ3n) is 4.46. The van der Waals surface area contributed by atoms with Crippen LogP contribution in [-0.2, 0) is 11.2 Å². The van der Waals surface area contributed by atoms with E-state index in [9.17, 15) is 4.79 Å². The number of hydrogen-bond acceptors (Lipinski definition) is 4. The fourth-order valence-corrected chi connectivity index (χ4v) is 3.12. The van der Waals surface area contributed by atoms with E-state index in [0.29, 0.717) is 19.4 Å². The summed E-state index contributed by atoms with van der Waals surface area (Å²) in [5.74, 6) is 1.60. The molecule has 0 aromatic heterocycles. The Morgan fingerprint density at radius 3 is 2.52 bits per heavy atom. The molecule has 1 aromatic rings. The van der Waals surface area contributed by atoms with E-state index < -0.39 is 0 Å². The van der Waals surface area contributed by atoms with Gasteiger partial charge in [-0.2, -0.15) is 0 Å². The van der Waals surface area contributed by atoms with E-state index in [4.69, 9.17) is 15.2 Å². The van der Waals surface area contributed by atoms with Gasteiger partial charge in [0.05, 0.1) is 19.8 Å². The number of carbonyl (C=O) groups is 1. The summed E-state index contributed by atoms with van der Waals surface area (Å²) >= 11 is 0. The summed E-state index contributed by atoms with van der Waals surface area (Å²) in [5.41, 5.74) is 6.65. The fraction of sp³-hybridized carbons (Fsp3) is 0.588. The first-order chi connectivity index (χ1) is 10.6. The molecule has 0 spiro atoms. The molecule has 6 heteroatoms. The molecule has 1 aliphatic rings. The van der Waals surface area contributed by atoms with Gasteiger partial charge in [0.15, 0.2) is 0 Å². The molecule has 1 aliphatic carbocycles. The van der Waals surface area contributed by atoms with Gasteiger partial charge >= 0.3 is 0 Å². The van der Waals surface area contributed by atoms with Crippen molar-refractivity contribution < 1.29 is 14.3 Å². The first-order valence-electron chi connectivity index (χ1n) is 7.84. The van der Waals surface area contributed by atoms with E-state index in [2.05, 4.69) is 5.32 Å². The van der Waals surface area contributed by atoms with E-state index in [1.54, 1.807) is 14.2 Å². The summed E-state index contributed by atoms with van der Waals surface area (Å²) in [6.45, 7) is 0.515. The molecule has 1 amide bonds. The lowest BCUT2D eigenvalue weighted by molar-refractivity contribution is -0.122. The average molecular weight is 343 g/mol. The van der Waals surface area contributed by atoms with Crippen LogP contribution in [0.3, 0.4) is 0 Å². The highest BCUT2D eigenvalue weighted by atomic mass is 35.5. The van der Waals surface area contributed by atoms with E-state index in [1.165, 1.54) is 0 Å². The monoisotopic (exact) mass is 342 g/mol. The number of carbonyl (C=O) groups excluding carboxylic acids is 1. The van der Waals surface area contributed by atoms with Gasteiger partial charge in [0.1, 0.15) is 11.5 Å². The van der Waals surface area contributed by atoms with Crippen LogP contribution >= 0.6 is 12.4 Å². The number of aryl methyl sites for hydroxylation is 1. The molecule has 0 bridgehead atoms. The minimum Gasteiger partial charge on any atom is -0.497 e. The van der Waals surface area contributed by atoms with Crippen molar-refractivity contribution in [3.8, 4) is 11.5 Å². The van der Waals surface area contributed by atoms with Crippen LogP contribution in [0.5, 0.6) is 11.5 Å². The predicted octanol–water partition coefficient (Wildman–Crippen LogP) is 2.45. The largest absolute Gasteiger partial charge is 0.497 e. The third-order valence-corrected chi connectivity index (χ3v) is 4.46. The Bertz CT molecular complexity index is 517. The summed E-state index contributed by atoms with van der Waals surface area (Å²) in [7, 11) is 3.26. The zero-order chi connectivity index (χ0) is 16.0. The average Bonchev–Trinajstić information content (AvgIpc) is 3.01. The van der Waals surface area contributed by atoms with Crippen molar-refractivity contribution >= 4 is 18.3 Å². The molecule has 0 unspecified atom stereocenters. The van der Waals surface area contributed by atoms with Crippen LogP contribution in [0.15, 0.2) is 18.2 Å². The van der Waals surface area contributed by atoms with Crippen molar-refractivity contribution in [2.24, 2.45) is 5.73 Å². The van der Waals surface area contributed by atoms with Crippen LogP contribution in [0.1, 0.15) is 37.7 Å². The molecule has 3 N–H and O–H groups in total. The molecule has 130 valence electrons. The van der Waals surface area contributed by atoms with Crippen molar-refractivity contribution in [3.05, 3.63) is 23.8 Å². The van der Waals surface area contributed by atoms with Gasteiger partial charge in [0.2, 0.25) is 5.91 Å². The topological polar surface area (TPSA) is 73.6 Å². The van der Waals surface area contributed by atoms with Crippen LogP contribution in [0.2, 0.25) is 0 Å².